The van der Waals surface area contributed by atoms with Crippen molar-refractivity contribution in [3.8, 4) is 0 Å². The summed E-state index contributed by atoms with van der Waals surface area (Å²) < 4.78 is 5.49. The zero-order valence-electron chi connectivity index (χ0n) is 15.1. The molecule has 2 aromatic rings. The average molecular weight is 341 g/mol. The number of benzene rings is 1. The van der Waals surface area contributed by atoms with E-state index in [-0.39, 0.29) is 5.97 Å². The van der Waals surface area contributed by atoms with Crippen LogP contribution in [0.3, 0.4) is 0 Å². The van der Waals surface area contributed by atoms with Gasteiger partial charge in [0.25, 0.3) is 0 Å². The number of rotatable bonds is 6. The van der Waals surface area contributed by atoms with Crippen LogP contribution in [0.4, 0.5) is 0 Å². The Morgan fingerprint density at radius 3 is 2.92 bits per heavy atom. The minimum atomic E-state index is -0.472. The molecule has 1 N–H and O–H groups in total. The van der Waals surface area contributed by atoms with Crippen molar-refractivity contribution in [2.75, 3.05) is 19.7 Å². The molecule has 5 nitrogen and oxygen atoms in total. The molecule has 1 aliphatic rings. The third-order valence-electron chi connectivity index (χ3n) is 5.11. The van der Waals surface area contributed by atoms with E-state index < -0.39 is 5.41 Å². The molecule has 2 heterocycles. The third kappa shape index (κ3) is 4.10. The number of carbonyl (C=O) groups excluding carboxylic acids is 1. The van der Waals surface area contributed by atoms with Crippen LogP contribution in [0.15, 0.2) is 36.5 Å². The summed E-state index contributed by atoms with van der Waals surface area (Å²) in [5.41, 5.74) is 3.08. The molecular formula is C20H27N3O2. The topological polar surface area (TPSA) is 58.2 Å². The molecule has 0 unspecified atom stereocenters. The van der Waals surface area contributed by atoms with Crippen molar-refractivity contribution in [3.63, 3.8) is 0 Å². The first kappa shape index (κ1) is 17.7. The largest absolute Gasteiger partial charge is 0.466 e. The number of nitrogens with zero attached hydrogens (tertiary/aromatic N) is 2. The fraction of sp³-hybridized carbons (Fsp3) is 0.500. The molecule has 0 saturated carbocycles. The number of piperidine rings is 1. The van der Waals surface area contributed by atoms with Crippen LogP contribution >= 0.6 is 0 Å². The van der Waals surface area contributed by atoms with Gasteiger partial charge in [-0.2, -0.15) is 5.10 Å². The molecule has 1 fully saturated rings. The van der Waals surface area contributed by atoms with Crippen molar-refractivity contribution in [1.29, 1.82) is 0 Å². The number of H-pyrrole nitrogens is 1. The summed E-state index contributed by atoms with van der Waals surface area (Å²) in [6, 6.07) is 10.3. The lowest BCUT2D eigenvalue weighted by molar-refractivity contribution is -0.159. The lowest BCUT2D eigenvalue weighted by atomic mass is 9.74. The first-order valence-electron chi connectivity index (χ1n) is 9.05. The van der Waals surface area contributed by atoms with Gasteiger partial charge in [-0.3, -0.25) is 14.8 Å². The standard InChI is InChI=1S/C20H27N3O2/c1-3-25-19(24)20(13-17-8-5-4-7-16(17)2)10-6-12-23(15-20)14-18-9-11-21-22-18/h4-5,7-9,11H,3,6,10,12-15H2,1-2H3,(H,21,22)/t20-/m0/s1. The molecule has 134 valence electrons. The molecule has 1 aliphatic heterocycles. The summed E-state index contributed by atoms with van der Waals surface area (Å²) in [4.78, 5) is 15.3. The van der Waals surface area contributed by atoms with Crippen LogP contribution in [0.1, 0.15) is 36.6 Å². The van der Waals surface area contributed by atoms with E-state index in [4.69, 9.17) is 4.74 Å². The highest BCUT2D eigenvalue weighted by atomic mass is 16.5. The number of aryl methyl sites for hydroxylation is 1. The Kier molecular flexibility index (Phi) is 5.53. The summed E-state index contributed by atoms with van der Waals surface area (Å²) in [5, 5.41) is 7.04. The summed E-state index contributed by atoms with van der Waals surface area (Å²) in [6.07, 6.45) is 4.38. The zero-order chi connectivity index (χ0) is 17.7. The number of likely N-dealkylation sites (tertiary alicyclic amines) is 1. The SMILES string of the molecule is CCOC(=O)[C@]1(Cc2ccccc2C)CCCN(Cc2ccn[nH]2)C1. The minimum Gasteiger partial charge on any atom is -0.466 e. The molecule has 0 radical (unpaired) electrons. The molecule has 3 rings (SSSR count). The Balaban J connectivity index is 1.83. The number of nitrogens with one attached hydrogen (secondary N) is 1. The number of hydrogen-bond acceptors (Lipinski definition) is 4. The van der Waals surface area contributed by atoms with Gasteiger partial charge in [0.05, 0.1) is 12.0 Å². The van der Waals surface area contributed by atoms with Crippen LogP contribution in [0.25, 0.3) is 0 Å². The molecule has 1 saturated heterocycles. The van der Waals surface area contributed by atoms with E-state index in [1.54, 1.807) is 6.20 Å². The van der Waals surface area contributed by atoms with E-state index in [9.17, 15) is 4.79 Å². The predicted octanol–water partition coefficient (Wildman–Crippen LogP) is 3.11. The Hall–Kier alpha value is -2.14. The number of hydrogen-bond donors (Lipinski definition) is 1. The van der Waals surface area contributed by atoms with Gasteiger partial charge in [-0.15, -0.1) is 0 Å². The van der Waals surface area contributed by atoms with E-state index in [0.29, 0.717) is 6.61 Å². The van der Waals surface area contributed by atoms with Gasteiger partial charge in [0.1, 0.15) is 0 Å². The van der Waals surface area contributed by atoms with Crippen molar-refractivity contribution in [2.24, 2.45) is 5.41 Å². The molecule has 0 bridgehead atoms. The summed E-state index contributed by atoms with van der Waals surface area (Å²) in [5.74, 6) is -0.0624. The van der Waals surface area contributed by atoms with Crippen molar-refractivity contribution >= 4 is 5.97 Å². The minimum absolute atomic E-state index is 0.0624. The first-order chi connectivity index (χ1) is 12.1. The molecule has 5 heteroatoms. The smallest absolute Gasteiger partial charge is 0.313 e. The Morgan fingerprint density at radius 2 is 2.20 bits per heavy atom. The van der Waals surface area contributed by atoms with Crippen LogP contribution < -0.4 is 0 Å². The predicted molar refractivity (Wildman–Crippen MR) is 97.0 cm³/mol. The highest BCUT2D eigenvalue weighted by Gasteiger charge is 2.43. The number of esters is 1. The summed E-state index contributed by atoms with van der Waals surface area (Å²) in [7, 11) is 0. The van der Waals surface area contributed by atoms with Crippen molar-refractivity contribution in [3.05, 3.63) is 53.3 Å². The van der Waals surface area contributed by atoms with E-state index in [0.717, 1.165) is 44.6 Å². The van der Waals surface area contributed by atoms with Crippen molar-refractivity contribution in [1.82, 2.24) is 15.1 Å². The zero-order valence-corrected chi connectivity index (χ0v) is 15.1. The molecular weight excluding hydrogens is 314 g/mol. The van der Waals surface area contributed by atoms with E-state index >= 15 is 0 Å². The molecule has 0 spiro atoms. The van der Waals surface area contributed by atoms with Crippen molar-refractivity contribution < 1.29 is 9.53 Å². The molecule has 1 atom stereocenters. The van der Waals surface area contributed by atoms with Crippen molar-refractivity contribution in [2.45, 2.75) is 39.7 Å². The van der Waals surface area contributed by atoms with E-state index in [1.165, 1.54) is 11.1 Å². The number of aromatic nitrogens is 2. The number of carbonyl (C=O) groups is 1. The highest BCUT2D eigenvalue weighted by molar-refractivity contribution is 5.78. The summed E-state index contributed by atoms with van der Waals surface area (Å²) >= 11 is 0. The number of aromatic amines is 1. The first-order valence-corrected chi connectivity index (χ1v) is 9.05. The van der Waals surface area contributed by atoms with Gasteiger partial charge in [-0.1, -0.05) is 24.3 Å². The quantitative estimate of drug-likeness (QED) is 0.820. The van der Waals surface area contributed by atoms with Gasteiger partial charge < -0.3 is 4.74 Å². The molecule has 0 aliphatic carbocycles. The second-order valence-corrected chi connectivity index (χ2v) is 7.00. The maximum Gasteiger partial charge on any atom is 0.313 e. The van der Waals surface area contributed by atoms with Crippen LogP contribution in [-0.2, 0) is 22.5 Å². The molecule has 1 aromatic carbocycles. The van der Waals surface area contributed by atoms with Gasteiger partial charge in [-0.05, 0) is 56.8 Å². The monoisotopic (exact) mass is 341 g/mol. The third-order valence-corrected chi connectivity index (χ3v) is 5.11. The average Bonchev–Trinajstić information content (AvgIpc) is 3.10. The van der Waals surface area contributed by atoms with Crippen LogP contribution in [-0.4, -0.2) is 40.8 Å². The van der Waals surface area contributed by atoms with Crippen LogP contribution in [0.5, 0.6) is 0 Å². The molecule has 0 amide bonds. The summed E-state index contributed by atoms with van der Waals surface area (Å²) in [6.45, 7) is 6.92. The Bertz CT molecular complexity index is 699. The Labute approximate surface area is 149 Å². The van der Waals surface area contributed by atoms with E-state index in [1.807, 2.05) is 25.1 Å². The van der Waals surface area contributed by atoms with Crippen LogP contribution in [0.2, 0.25) is 0 Å². The second-order valence-electron chi connectivity index (χ2n) is 7.00. The Morgan fingerprint density at radius 1 is 1.36 bits per heavy atom. The second kappa shape index (κ2) is 7.83. The van der Waals surface area contributed by atoms with Gasteiger partial charge in [-0.25, -0.2) is 0 Å². The molecule has 25 heavy (non-hydrogen) atoms. The fourth-order valence-corrected chi connectivity index (χ4v) is 3.82. The lowest BCUT2D eigenvalue weighted by Gasteiger charge is -2.41. The van der Waals surface area contributed by atoms with Gasteiger partial charge in [0.2, 0.25) is 0 Å². The maximum absolute atomic E-state index is 12.9. The fourth-order valence-electron chi connectivity index (χ4n) is 3.82. The normalized spacial score (nSPS) is 21.2. The lowest BCUT2D eigenvalue weighted by Crippen LogP contribution is -2.49. The van der Waals surface area contributed by atoms with Crippen LogP contribution in [0, 0.1) is 12.3 Å². The van der Waals surface area contributed by atoms with Gasteiger partial charge in [0.15, 0.2) is 0 Å². The molecule has 1 aromatic heterocycles. The van der Waals surface area contributed by atoms with Gasteiger partial charge in [0, 0.05) is 25.0 Å². The van der Waals surface area contributed by atoms with Gasteiger partial charge >= 0.3 is 5.97 Å². The maximum atomic E-state index is 12.9. The number of ether oxygens (including phenoxy) is 1. The highest BCUT2D eigenvalue weighted by Crippen LogP contribution is 2.36. The van der Waals surface area contributed by atoms with E-state index in [2.05, 4.69) is 34.2 Å².